The molecule has 0 saturated carbocycles. The number of hydrogen-bond donors (Lipinski definition) is 1. The first-order valence-electron chi connectivity index (χ1n) is 7.56. The van der Waals surface area contributed by atoms with Crippen LogP contribution >= 0.6 is 27.7 Å². The Hall–Kier alpha value is -2.46. The summed E-state index contributed by atoms with van der Waals surface area (Å²) in [5, 5.41) is 10.8. The molecule has 1 amide bonds. The van der Waals surface area contributed by atoms with Gasteiger partial charge >= 0.3 is 0 Å². The zero-order valence-electron chi connectivity index (χ0n) is 13.9. The lowest BCUT2D eigenvalue weighted by Gasteiger charge is -2.06. The lowest BCUT2D eigenvalue weighted by molar-refractivity contribution is 0.101. The van der Waals surface area contributed by atoms with Gasteiger partial charge in [0.1, 0.15) is 11.4 Å². The largest absolute Gasteiger partial charge is 0.497 e. The van der Waals surface area contributed by atoms with Gasteiger partial charge in [0.15, 0.2) is 10.9 Å². The molecule has 3 rings (SSSR count). The summed E-state index contributed by atoms with van der Waals surface area (Å²) in [6, 6.07) is 7.16. The van der Waals surface area contributed by atoms with Crippen molar-refractivity contribution in [2.24, 2.45) is 0 Å². The van der Waals surface area contributed by atoms with E-state index in [9.17, 15) is 4.79 Å². The second-order valence-corrected chi connectivity index (χ2v) is 7.01. The number of nitrogens with one attached hydrogen (secondary N) is 1. The number of aromatic nitrogens is 4. The number of rotatable bonds is 6. The molecule has 0 aliphatic rings. The lowest BCUT2D eigenvalue weighted by Crippen LogP contribution is -2.16. The number of anilines is 1. The Morgan fingerprint density at radius 1 is 1.31 bits per heavy atom. The van der Waals surface area contributed by atoms with Gasteiger partial charge in [-0.05, 0) is 56.3 Å². The van der Waals surface area contributed by atoms with E-state index in [4.69, 9.17) is 9.37 Å². The SMILES string of the molecule is CCSc1ncc(Br)c(C(=O)Nc2nonc2-c2ccc(OC)cc2)n1. The molecule has 1 aromatic carbocycles. The minimum absolute atomic E-state index is 0.204. The first-order valence-corrected chi connectivity index (χ1v) is 9.34. The van der Waals surface area contributed by atoms with Crippen molar-refractivity contribution < 1.29 is 14.2 Å². The molecule has 2 aromatic heterocycles. The van der Waals surface area contributed by atoms with E-state index in [0.717, 1.165) is 11.3 Å². The maximum Gasteiger partial charge on any atom is 0.276 e. The van der Waals surface area contributed by atoms with Crippen LogP contribution in [0.15, 0.2) is 44.7 Å². The van der Waals surface area contributed by atoms with Crippen LogP contribution in [0.5, 0.6) is 5.75 Å². The summed E-state index contributed by atoms with van der Waals surface area (Å²) in [6.45, 7) is 1.98. The van der Waals surface area contributed by atoms with Gasteiger partial charge in [-0.15, -0.1) is 0 Å². The summed E-state index contributed by atoms with van der Waals surface area (Å²) in [7, 11) is 1.59. The van der Waals surface area contributed by atoms with Gasteiger partial charge in [0, 0.05) is 11.8 Å². The van der Waals surface area contributed by atoms with Crippen molar-refractivity contribution in [2.75, 3.05) is 18.2 Å². The highest BCUT2D eigenvalue weighted by Gasteiger charge is 2.19. The van der Waals surface area contributed by atoms with Crippen molar-refractivity contribution in [3.63, 3.8) is 0 Å². The van der Waals surface area contributed by atoms with E-state index in [1.807, 2.05) is 6.92 Å². The van der Waals surface area contributed by atoms with Crippen LogP contribution in [0.4, 0.5) is 5.82 Å². The minimum Gasteiger partial charge on any atom is -0.497 e. The van der Waals surface area contributed by atoms with Gasteiger partial charge in [0.2, 0.25) is 5.82 Å². The number of carbonyl (C=O) groups excluding carboxylic acids is 1. The van der Waals surface area contributed by atoms with E-state index in [-0.39, 0.29) is 11.5 Å². The number of ether oxygens (including phenoxy) is 1. The maximum atomic E-state index is 12.6. The van der Waals surface area contributed by atoms with Gasteiger partial charge in [-0.25, -0.2) is 14.6 Å². The second-order valence-electron chi connectivity index (χ2n) is 4.93. The molecule has 0 bridgehead atoms. The van der Waals surface area contributed by atoms with Crippen LogP contribution in [0.1, 0.15) is 17.4 Å². The van der Waals surface area contributed by atoms with E-state index in [2.05, 4.69) is 41.5 Å². The summed E-state index contributed by atoms with van der Waals surface area (Å²) < 4.78 is 10.4. The molecule has 3 aromatic rings. The van der Waals surface area contributed by atoms with Gasteiger partial charge in [0.05, 0.1) is 11.6 Å². The molecule has 26 heavy (non-hydrogen) atoms. The number of amides is 1. The smallest absolute Gasteiger partial charge is 0.276 e. The molecule has 10 heteroatoms. The van der Waals surface area contributed by atoms with Crippen LogP contribution in [0, 0.1) is 0 Å². The lowest BCUT2D eigenvalue weighted by atomic mass is 10.1. The Bertz CT molecular complexity index is 917. The van der Waals surface area contributed by atoms with Crippen molar-refractivity contribution in [2.45, 2.75) is 12.1 Å². The highest BCUT2D eigenvalue weighted by molar-refractivity contribution is 9.10. The van der Waals surface area contributed by atoms with Crippen molar-refractivity contribution in [1.29, 1.82) is 0 Å². The predicted molar refractivity (Wildman–Crippen MR) is 100 cm³/mol. The Balaban J connectivity index is 1.85. The maximum absolute atomic E-state index is 12.6. The molecular formula is C16H14BrN5O3S. The number of benzene rings is 1. The Morgan fingerprint density at radius 3 is 2.77 bits per heavy atom. The molecule has 0 spiro atoms. The number of halogens is 1. The number of thioether (sulfide) groups is 1. The molecule has 0 aliphatic heterocycles. The average molecular weight is 436 g/mol. The van der Waals surface area contributed by atoms with E-state index in [0.29, 0.717) is 21.1 Å². The van der Waals surface area contributed by atoms with Gasteiger partial charge < -0.3 is 10.1 Å². The summed E-state index contributed by atoms with van der Waals surface area (Å²) in [6.07, 6.45) is 1.55. The molecule has 2 heterocycles. The van der Waals surface area contributed by atoms with Gasteiger partial charge in [0.25, 0.3) is 5.91 Å². The summed E-state index contributed by atoms with van der Waals surface area (Å²) in [5.74, 6) is 1.28. The molecule has 0 aliphatic carbocycles. The fourth-order valence-corrected chi connectivity index (χ4v) is 3.00. The van der Waals surface area contributed by atoms with Crippen LogP contribution in [-0.2, 0) is 0 Å². The fraction of sp³-hybridized carbons (Fsp3) is 0.188. The standard InChI is InChI=1S/C16H14BrN5O3S/c1-3-26-16-18-8-11(17)13(19-16)15(23)20-14-12(21-25-22-14)9-4-6-10(24-2)7-5-9/h4-8H,3H2,1-2H3,(H,20,22,23). The monoisotopic (exact) mass is 435 g/mol. The predicted octanol–water partition coefficient (Wildman–Crippen LogP) is 3.66. The molecule has 0 fully saturated rings. The molecule has 0 atom stereocenters. The summed E-state index contributed by atoms with van der Waals surface area (Å²) in [5.41, 5.74) is 1.35. The fourth-order valence-electron chi connectivity index (χ4n) is 2.08. The summed E-state index contributed by atoms with van der Waals surface area (Å²) >= 11 is 4.74. The quantitative estimate of drug-likeness (QED) is 0.461. The van der Waals surface area contributed by atoms with Gasteiger partial charge in [-0.1, -0.05) is 18.7 Å². The van der Waals surface area contributed by atoms with E-state index >= 15 is 0 Å². The molecule has 0 saturated heterocycles. The Kier molecular flexibility index (Phi) is 5.84. The first-order chi connectivity index (χ1) is 12.6. The van der Waals surface area contributed by atoms with Crippen molar-refractivity contribution in [3.05, 3.63) is 40.6 Å². The second kappa shape index (κ2) is 8.28. The topological polar surface area (TPSA) is 103 Å². The van der Waals surface area contributed by atoms with E-state index in [1.54, 1.807) is 37.6 Å². The van der Waals surface area contributed by atoms with E-state index < -0.39 is 5.91 Å². The highest BCUT2D eigenvalue weighted by Crippen LogP contribution is 2.27. The average Bonchev–Trinajstić information content (AvgIpc) is 3.11. The van der Waals surface area contributed by atoms with Crippen molar-refractivity contribution in [1.82, 2.24) is 20.3 Å². The zero-order valence-corrected chi connectivity index (χ0v) is 16.3. The molecule has 1 N–H and O–H groups in total. The zero-order chi connectivity index (χ0) is 18.5. The van der Waals surface area contributed by atoms with Gasteiger partial charge in [-0.2, -0.15) is 0 Å². The third-order valence-electron chi connectivity index (χ3n) is 3.29. The number of nitrogens with zero attached hydrogens (tertiary/aromatic N) is 4. The number of carbonyl (C=O) groups is 1. The van der Waals surface area contributed by atoms with Crippen LogP contribution in [0.3, 0.4) is 0 Å². The Morgan fingerprint density at radius 2 is 2.08 bits per heavy atom. The Labute approximate surface area is 161 Å². The summed E-state index contributed by atoms with van der Waals surface area (Å²) in [4.78, 5) is 21.0. The van der Waals surface area contributed by atoms with Crippen LogP contribution in [0.25, 0.3) is 11.3 Å². The minimum atomic E-state index is -0.442. The first kappa shape index (κ1) is 18.3. The normalized spacial score (nSPS) is 10.6. The van der Waals surface area contributed by atoms with Crippen molar-refractivity contribution >= 4 is 39.4 Å². The highest BCUT2D eigenvalue weighted by atomic mass is 79.9. The number of hydrogen-bond acceptors (Lipinski definition) is 8. The van der Waals surface area contributed by atoms with E-state index in [1.165, 1.54) is 11.8 Å². The molecule has 134 valence electrons. The third kappa shape index (κ3) is 4.02. The number of methoxy groups -OCH3 is 1. The molecular weight excluding hydrogens is 422 g/mol. The van der Waals surface area contributed by atoms with Crippen LogP contribution in [-0.4, -0.2) is 39.1 Å². The van der Waals surface area contributed by atoms with Crippen LogP contribution < -0.4 is 10.1 Å². The molecule has 0 unspecified atom stereocenters. The van der Waals surface area contributed by atoms with Gasteiger partial charge in [-0.3, -0.25) is 4.79 Å². The molecule has 8 nitrogen and oxygen atoms in total. The molecule has 0 radical (unpaired) electrons. The van der Waals surface area contributed by atoms with Crippen LogP contribution in [0.2, 0.25) is 0 Å². The third-order valence-corrected chi connectivity index (χ3v) is 4.62. The van der Waals surface area contributed by atoms with Crippen molar-refractivity contribution in [3.8, 4) is 17.0 Å².